The average Bonchev–Trinajstić information content (AvgIpc) is 2.28. The molecule has 0 radical (unpaired) electrons. The fourth-order valence-electron chi connectivity index (χ4n) is 0.827. The maximum atomic E-state index is 3.94. The first-order chi connectivity index (χ1) is 5.47. The molecule has 0 spiro atoms. The molecule has 0 saturated heterocycles. The zero-order valence-electron chi connectivity index (χ0n) is 5.75. The molecular weight excluding hydrogens is 140 g/mol. The molecule has 4 nitrogen and oxygen atoms in total. The van der Waals surface area contributed by atoms with E-state index < -0.39 is 0 Å². The second kappa shape index (κ2) is 2.49. The van der Waals surface area contributed by atoms with Crippen molar-refractivity contribution in [1.29, 1.82) is 0 Å². The van der Waals surface area contributed by atoms with E-state index in [0.29, 0.717) is 0 Å². The Bertz CT molecular complexity index is 296. The highest BCUT2D eigenvalue weighted by molar-refractivity contribution is 6.03. The second-order valence-corrected chi connectivity index (χ2v) is 2.05. The summed E-state index contributed by atoms with van der Waals surface area (Å²) in [6.07, 6.45) is 10.5. The van der Waals surface area contributed by atoms with Crippen LogP contribution in [-0.4, -0.2) is 23.3 Å². The molecular formula is C7H6N4. The summed E-state index contributed by atoms with van der Waals surface area (Å²) in [6.45, 7) is 0. The monoisotopic (exact) mass is 146 g/mol. The van der Waals surface area contributed by atoms with Crippen molar-refractivity contribution in [2.75, 3.05) is 0 Å². The predicted molar refractivity (Wildman–Crippen MR) is 44.5 cm³/mol. The molecule has 2 aliphatic heterocycles. The Hall–Kier alpha value is -1.71. The van der Waals surface area contributed by atoms with Crippen molar-refractivity contribution < 1.29 is 0 Å². The van der Waals surface area contributed by atoms with Gasteiger partial charge < -0.3 is 0 Å². The van der Waals surface area contributed by atoms with E-state index in [9.17, 15) is 0 Å². The van der Waals surface area contributed by atoms with E-state index in [1.165, 1.54) is 0 Å². The molecule has 54 valence electrons. The Balaban J connectivity index is 2.39. The molecule has 0 aromatic carbocycles. The van der Waals surface area contributed by atoms with E-state index in [2.05, 4.69) is 15.2 Å². The molecule has 11 heavy (non-hydrogen) atoms. The smallest absolute Gasteiger partial charge is 0.161 e. The summed E-state index contributed by atoms with van der Waals surface area (Å²) < 4.78 is 0. The van der Waals surface area contributed by atoms with E-state index in [1.54, 1.807) is 29.7 Å². The van der Waals surface area contributed by atoms with E-state index >= 15 is 0 Å². The van der Waals surface area contributed by atoms with Crippen molar-refractivity contribution in [2.24, 2.45) is 15.2 Å². The lowest BCUT2D eigenvalue weighted by Crippen LogP contribution is -2.23. The van der Waals surface area contributed by atoms with Crippen molar-refractivity contribution in [3.05, 3.63) is 24.6 Å². The Morgan fingerprint density at radius 1 is 1.36 bits per heavy atom. The molecule has 0 aromatic rings. The summed E-state index contributed by atoms with van der Waals surface area (Å²) >= 11 is 0. The highest BCUT2D eigenvalue weighted by Crippen LogP contribution is 2.01. The number of nitrogens with zero attached hydrogens (tertiary/aromatic N) is 4. The van der Waals surface area contributed by atoms with Crippen LogP contribution in [0.3, 0.4) is 0 Å². The van der Waals surface area contributed by atoms with Gasteiger partial charge in [-0.25, -0.2) is 4.99 Å². The van der Waals surface area contributed by atoms with Crippen LogP contribution in [-0.2, 0) is 0 Å². The predicted octanol–water partition coefficient (Wildman–Crippen LogP) is 0.756. The maximum absolute atomic E-state index is 3.94. The molecule has 4 heteroatoms. The zero-order chi connectivity index (χ0) is 7.52. The standard InChI is InChI=1S/C7H6N4/c1-3-9-10-7-2-4-8-6-11(7)5-1/h1-6H. The molecule has 0 aliphatic carbocycles. The Morgan fingerprint density at radius 2 is 2.36 bits per heavy atom. The number of amidine groups is 1. The molecule has 0 bridgehead atoms. The number of hydrogen-bond donors (Lipinski definition) is 0. The third kappa shape index (κ3) is 1.10. The first-order valence-corrected chi connectivity index (χ1v) is 3.23. The van der Waals surface area contributed by atoms with Gasteiger partial charge in [-0.15, -0.1) is 5.10 Å². The fraction of sp³-hybridized carbons (Fsp3) is 0. The van der Waals surface area contributed by atoms with Crippen LogP contribution in [0, 0.1) is 0 Å². The second-order valence-electron chi connectivity index (χ2n) is 2.05. The van der Waals surface area contributed by atoms with Crippen molar-refractivity contribution in [2.45, 2.75) is 0 Å². The van der Waals surface area contributed by atoms with Gasteiger partial charge in [-0.05, 0) is 6.08 Å². The molecule has 2 rings (SSSR count). The lowest BCUT2D eigenvalue weighted by atomic mass is 10.4. The summed E-state index contributed by atoms with van der Waals surface area (Å²) in [5.41, 5.74) is 0. The quantitative estimate of drug-likeness (QED) is 0.497. The first kappa shape index (κ1) is 6.03. The first-order valence-electron chi connectivity index (χ1n) is 3.23. The van der Waals surface area contributed by atoms with Gasteiger partial charge in [0.15, 0.2) is 5.84 Å². The third-order valence-corrected chi connectivity index (χ3v) is 1.32. The van der Waals surface area contributed by atoms with Gasteiger partial charge in [-0.3, -0.25) is 4.90 Å². The summed E-state index contributed by atoms with van der Waals surface area (Å²) in [4.78, 5) is 5.73. The summed E-state index contributed by atoms with van der Waals surface area (Å²) in [6, 6.07) is 0. The largest absolute Gasteiger partial charge is 0.290 e. The molecule has 0 fully saturated rings. The van der Waals surface area contributed by atoms with E-state index in [0.717, 1.165) is 5.84 Å². The van der Waals surface area contributed by atoms with Gasteiger partial charge in [0.05, 0.1) is 6.21 Å². The van der Waals surface area contributed by atoms with Crippen LogP contribution < -0.4 is 0 Å². The topological polar surface area (TPSA) is 40.3 Å². The number of allylic oxidation sites excluding steroid dienone is 1. The van der Waals surface area contributed by atoms with Gasteiger partial charge in [-0.2, -0.15) is 5.10 Å². The summed E-state index contributed by atoms with van der Waals surface area (Å²) in [5.74, 6) is 0.782. The lowest BCUT2D eigenvalue weighted by molar-refractivity contribution is 0.847. The molecule has 0 N–H and O–H groups in total. The van der Waals surface area contributed by atoms with Gasteiger partial charge >= 0.3 is 0 Å². The van der Waals surface area contributed by atoms with Crippen molar-refractivity contribution in [3.8, 4) is 0 Å². The Kier molecular flexibility index (Phi) is 1.37. The SMILES string of the molecule is C1=CN2C=NC=CC2=NN=C1. The van der Waals surface area contributed by atoms with Crippen LogP contribution >= 0.6 is 0 Å². The zero-order valence-corrected chi connectivity index (χ0v) is 5.75. The molecule has 2 aliphatic rings. The lowest BCUT2D eigenvalue weighted by Gasteiger charge is -2.13. The number of aliphatic imine (C=N–C) groups is 1. The number of rotatable bonds is 0. The molecule has 0 unspecified atom stereocenters. The highest BCUT2D eigenvalue weighted by Gasteiger charge is 2.05. The fourth-order valence-corrected chi connectivity index (χ4v) is 0.827. The highest BCUT2D eigenvalue weighted by atomic mass is 15.3. The summed E-state index contributed by atoms with van der Waals surface area (Å²) in [7, 11) is 0. The van der Waals surface area contributed by atoms with Gasteiger partial charge in [-0.1, -0.05) is 0 Å². The van der Waals surface area contributed by atoms with Crippen molar-refractivity contribution >= 4 is 18.4 Å². The van der Waals surface area contributed by atoms with Gasteiger partial charge in [0.2, 0.25) is 0 Å². The maximum Gasteiger partial charge on any atom is 0.161 e. The van der Waals surface area contributed by atoms with E-state index in [-0.39, 0.29) is 0 Å². The van der Waals surface area contributed by atoms with Crippen LogP contribution in [0.1, 0.15) is 0 Å². The van der Waals surface area contributed by atoms with Crippen molar-refractivity contribution in [1.82, 2.24) is 4.90 Å². The Morgan fingerprint density at radius 3 is 3.36 bits per heavy atom. The Labute approximate surface area is 64.0 Å². The molecule has 0 saturated carbocycles. The van der Waals surface area contributed by atoms with Crippen LogP contribution in [0.5, 0.6) is 0 Å². The average molecular weight is 146 g/mol. The third-order valence-electron chi connectivity index (χ3n) is 1.32. The summed E-state index contributed by atoms with van der Waals surface area (Å²) in [5, 5.41) is 7.69. The van der Waals surface area contributed by atoms with Crippen LogP contribution in [0.15, 0.2) is 39.7 Å². The van der Waals surface area contributed by atoms with Gasteiger partial charge in [0.1, 0.15) is 6.34 Å². The van der Waals surface area contributed by atoms with E-state index in [4.69, 9.17) is 0 Å². The minimum Gasteiger partial charge on any atom is -0.290 e. The number of hydrogen-bond acceptors (Lipinski definition) is 4. The normalized spacial score (nSPS) is 19.6. The minimum absolute atomic E-state index is 0.782. The molecule has 2 heterocycles. The minimum atomic E-state index is 0.782. The van der Waals surface area contributed by atoms with Gasteiger partial charge in [0.25, 0.3) is 0 Å². The molecule has 0 atom stereocenters. The molecule has 0 aromatic heterocycles. The van der Waals surface area contributed by atoms with Crippen LogP contribution in [0.4, 0.5) is 0 Å². The van der Waals surface area contributed by atoms with E-state index in [1.807, 2.05) is 12.3 Å². The van der Waals surface area contributed by atoms with Crippen LogP contribution in [0.25, 0.3) is 0 Å². The molecule has 0 amide bonds. The van der Waals surface area contributed by atoms with Gasteiger partial charge in [0, 0.05) is 18.5 Å². The van der Waals surface area contributed by atoms with Crippen LogP contribution in [0.2, 0.25) is 0 Å². The van der Waals surface area contributed by atoms with Crippen molar-refractivity contribution in [3.63, 3.8) is 0 Å². The number of fused-ring (bicyclic) bond motifs is 1.